The van der Waals surface area contributed by atoms with Gasteiger partial charge in [-0.1, -0.05) is 30.3 Å². The summed E-state index contributed by atoms with van der Waals surface area (Å²) in [5.74, 6) is 1.47. The molecule has 5 nitrogen and oxygen atoms in total. The minimum absolute atomic E-state index is 0.513. The third kappa shape index (κ3) is 4.97. The Labute approximate surface area is 149 Å². The first-order valence-corrected chi connectivity index (χ1v) is 8.69. The monoisotopic (exact) mass is 340 g/mol. The van der Waals surface area contributed by atoms with Crippen LogP contribution in [0.25, 0.3) is 0 Å². The van der Waals surface area contributed by atoms with Crippen LogP contribution in [0.4, 0.5) is 0 Å². The first kappa shape index (κ1) is 17.3. The van der Waals surface area contributed by atoms with Gasteiger partial charge < -0.3 is 14.4 Å². The molecule has 0 spiro atoms. The molecule has 0 bridgehead atoms. The number of rotatable bonds is 6. The summed E-state index contributed by atoms with van der Waals surface area (Å²) in [4.78, 5) is 1.56. The average molecular weight is 340 g/mol. The number of ether oxygens (including phenoxy) is 2. The molecular formula is C20H26N3O2+. The number of nitrogens with zero attached hydrogens (tertiary/aromatic N) is 2. The van der Waals surface area contributed by atoms with Crippen LogP contribution in [0, 0.1) is 0 Å². The van der Waals surface area contributed by atoms with E-state index >= 15 is 0 Å². The molecule has 1 heterocycles. The highest BCUT2D eigenvalue weighted by atomic mass is 16.5. The van der Waals surface area contributed by atoms with Crippen molar-refractivity contribution in [1.82, 2.24) is 5.01 Å². The van der Waals surface area contributed by atoms with Crippen molar-refractivity contribution in [3.05, 3.63) is 59.7 Å². The number of hydrazone groups is 1. The fourth-order valence-corrected chi connectivity index (χ4v) is 2.76. The van der Waals surface area contributed by atoms with E-state index in [9.17, 15) is 0 Å². The fourth-order valence-electron chi connectivity index (χ4n) is 2.76. The number of piperazine rings is 1. The highest BCUT2D eigenvalue weighted by Crippen LogP contribution is 2.28. The van der Waals surface area contributed by atoms with Crippen molar-refractivity contribution in [1.29, 1.82) is 0 Å². The van der Waals surface area contributed by atoms with E-state index in [1.807, 2.05) is 54.7 Å². The summed E-state index contributed by atoms with van der Waals surface area (Å²) in [6, 6.07) is 16.0. The minimum atomic E-state index is 0.513. The molecule has 5 heteroatoms. The van der Waals surface area contributed by atoms with Gasteiger partial charge in [0.05, 0.1) is 46.6 Å². The maximum atomic E-state index is 5.96. The Balaban J connectivity index is 1.66. The van der Waals surface area contributed by atoms with E-state index in [2.05, 4.69) is 17.2 Å². The van der Waals surface area contributed by atoms with Gasteiger partial charge in [0.1, 0.15) is 6.61 Å². The SMILES string of the molecule is COc1ccc(/C=N\N2CC[NH+](C)CC2)cc1OCc1ccccc1. The van der Waals surface area contributed by atoms with Crippen LogP contribution in [-0.4, -0.2) is 51.6 Å². The predicted octanol–water partition coefficient (Wildman–Crippen LogP) is 1.44. The largest absolute Gasteiger partial charge is 0.493 e. The van der Waals surface area contributed by atoms with Crippen LogP contribution >= 0.6 is 0 Å². The molecule has 1 aliphatic heterocycles. The summed E-state index contributed by atoms with van der Waals surface area (Å²) in [5.41, 5.74) is 2.14. The lowest BCUT2D eigenvalue weighted by Crippen LogP contribution is -3.11. The Hall–Kier alpha value is -2.53. The number of hydrogen-bond donors (Lipinski definition) is 1. The van der Waals surface area contributed by atoms with Crippen molar-refractivity contribution >= 4 is 6.21 Å². The summed E-state index contributed by atoms with van der Waals surface area (Å²) < 4.78 is 11.4. The van der Waals surface area contributed by atoms with Gasteiger partial charge in [-0.05, 0) is 29.3 Å². The summed E-state index contributed by atoms with van der Waals surface area (Å²) in [7, 11) is 3.88. The van der Waals surface area contributed by atoms with Crippen molar-refractivity contribution in [2.45, 2.75) is 6.61 Å². The van der Waals surface area contributed by atoms with Gasteiger partial charge in [-0.15, -0.1) is 0 Å². The molecule has 1 aliphatic rings. The molecule has 2 aromatic carbocycles. The molecule has 0 aliphatic carbocycles. The Morgan fingerprint density at radius 2 is 1.84 bits per heavy atom. The van der Waals surface area contributed by atoms with E-state index in [1.165, 1.54) is 0 Å². The van der Waals surface area contributed by atoms with Crippen LogP contribution in [0.1, 0.15) is 11.1 Å². The van der Waals surface area contributed by atoms with Crippen molar-refractivity contribution in [3.63, 3.8) is 0 Å². The highest BCUT2D eigenvalue weighted by Gasteiger charge is 2.14. The van der Waals surface area contributed by atoms with E-state index in [0.29, 0.717) is 6.61 Å². The first-order chi connectivity index (χ1) is 12.2. The Morgan fingerprint density at radius 3 is 2.56 bits per heavy atom. The standard InChI is InChI=1S/C20H25N3O2/c1-22-10-12-23(13-11-22)21-15-18-8-9-19(24-2)20(14-18)25-16-17-6-4-3-5-7-17/h3-9,14-15H,10-13,16H2,1-2H3/p+1/b21-15-. The zero-order valence-electron chi connectivity index (χ0n) is 14.9. The summed E-state index contributed by atoms with van der Waals surface area (Å²) in [6.45, 7) is 4.77. The van der Waals surface area contributed by atoms with E-state index in [4.69, 9.17) is 9.47 Å². The molecule has 0 amide bonds. The van der Waals surface area contributed by atoms with Gasteiger partial charge in [-0.2, -0.15) is 5.10 Å². The fraction of sp³-hybridized carbons (Fsp3) is 0.350. The second-order valence-electron chi connectivity index (χ2n) is 6.34. The van der Waals surface area contributed by atoms with Crippen LogP contribution in [0.2, 0.25) is 0 Å². The summed E-state index contributed by atoms with van der Waals surface area (Å²) >= 11 is 0. The third-order valence-electron chi connectivity index (χ3n) is 4.39. The molecule has 132 valence electrons. The van der Waals surface area contributed by atoms with Crippen LogP contribution in [0.15, 0.2) is 53.6 Å². The number of quaternary nitrogens is 1. The molecule has 3 rings (SSSR count). The first-order valence-electron chi connectivity index (χ1n) is 8.69. The second-order valence-corrected chi connectivity index (χ2v) is 6.34. The topological polar surface area (TPSA) is 38.5 Å². The number of methoxy groups -OCH3 is 1. The van der Waals surface area contributed by atoms with Crippen molar-refractivity contribution in [2.75, 3.05) is 40.3 Å². The van der Waals surface area contributed by atoms with Crippen LogP contribution in [-0.2, 0) is 6.61 Å². The smallest absolute Gasteiger partial charge is 0.162 e. The molecule has 1 saturated heterocycles. The maximum absolute atomic E-state index is 5.96. The maximum Gasteiger partial charge on any atom is 0.162 e. The highest BCUT2D eigenvalue weighted by molar-refractivity contribution is 5.80. The molecule has 1 fully saturated rings. The van der Waals surface area contributed by atoms with Crippen molar-refractivity contribution in [2.24, 2.45) is 5.10 Å². The van der Waals surface area contributed by atoms with Gasteiger partial charge in [0.15, 0.2) is 11.5 Å². The molecule has 0 atom stereocenters. The zero-order valence-corrected chi connectivity index (χ0v) is 14.9. The molecule has 1 N–H and O–H groups in total. The number of benzene rings is 2. The van der Waals surface area contributed by atoms with Crippen LogP contribution in [0.3, 0.4) is 0 Å². The van der Waals surface area contributed by atoms with Crippen LogP contribution in [0.5, 0.6) is 11.5 Å². The van der Waals surface area contributed by atoms with Gasteiger partial charge >= 0.3 is 0 Å². The lowest BCUT2D eigenvalue weighted by molar-refractivity contribution is -0.884. The molecular weight excluding hydrogens is 314 g/mol. The molecule has 0 unspecified atom stereocenters. The minimum Gasteiger partial charge on any atom is -0.493 e. The van der Waals surface area contributed by atoms with E-state index in [1.54, 1.807) is 12.0 Å². The normalized spacial score (nSPS) is 15.5. The molecule has 2 aromatic rings. The van der Waals surface area contributed by atoms with Gasteiger partial charge in [-0.25, -0.2) is 0 Å². The Morgan fingerprint density at radius 1 is 1.08 bits per heavy atom. The quantitative estimate of drug-likeness (QED) is 0.809. The third-order valence-corrected chi connectivity index (χ3v) is 4.39. The zero-order chi connectivity index (χ0) is 17.5. The van der Waals surface area contributed by atoms with Crippen molar-refractivity contribution < 1.29 is 14.4 Å². The van der Waals surface area contributed by atoms with E-state index in [0.717, 1.165) is 48.8 Å². The van der Waals surface area contributed by atoms with Crippen molar-refractivity contribution in [3.8, 4) is 11.5 Å². The van der Waals surface area contributed by atoms with Gasteiger partial charge in [0, 0.05) is 0 Å². The van der Waals surface area contributed by atoms with E-state index < -0.39 is 0 Å². The summed E-state index contributed by atoms with van der Waals surface area (Å²) in [6.07, 6.45) is 1.90. The Bertz CT molecular complexity index is 695. The molecule has 0 aromatic heterocycles. The molecule has 25 heavy (non-hydrogen) atoms. The van der Waals surface area contributed by atoms with E-state index in [-0.39, 0.29) is 0 Å². The number of likely N-dealkylation sites (N-methyl/N-ethyl adjacent to an activating group) is 1. The average Bonchev–Trinajstić information content (AvgIpc) is 2.67. The second kappa shape index (κ2) is 8.53. The predicted molar refractivity (Wildman–Crippen MR) is 99.6 cm³/mol. The number of nitrogens with one attached hydrogen (secondary N) is 1. The summed E-state index contributed by atoms with van der Waals surface area (Å²) in [5, 5.41) is 6.73. The molecule has 0 saturated carbocycles. The van der Waals surface area contributed by atoms with Gasteiger partial charge in [0.25, 0.3) is 0 Å². The van der Waals surface area contributed by atoms with Crippen LogP contribution < -0.4 is 14.4 Å². The number of hydrogen-bond acceptors (Lipinski definition) is 4. The molecule has 0 radical (unpaired) electrons. The Kier molecular flexibility index (Phi) is 5.90. The van der Waals surface area contributed by atoms with Gasteiger partial charge in [0.2, 0.25) is 0 Å². The lowest BCUT2D eigenvalue weighted by atomic mass is 10.2. The van der Waals surface area contributed by atoms with Gasteiger partial charge in [-0.3, -0.25) is 5.01 Å². The lowest BCUT2D eigenvalue weighted by Gasteiger charge is -2.27.